The Kier molecular flexibility index (Phi) is 4.19. The van der Waals surface area contributed by atoms with Crippen molar-refractivity contribution in [1.82, 2.24) is 19.6 Å². The number of methoxy groups -OCH3 is 1. The van der Waals surface area contributed by atoms with Crippen LogP contribution in [0.5, 0.6) is 5.75 Å². The van der Waals surface area contributed by atoms with Gasteiger partial charge in [-0.25, -0.2) is 28.1 Å². The molecule has 0 fully saturated rings. The lowest BCUT2D eigenvalue weighted by Gasteiger charge is -2.04. The van der Waals surface area contributed by atoms with Crippen LogP contribution in [0.2, 0.25) is 0 Å². The minimum atomic E-state index is -0.806. The second-order valence-corrected chi connectivity index (χ2v) is 6.63. The van der Waals surface area contributed by atoms with E-state index in [4.69, 9.17) is 9.47 Å². The van der Waals surface area contributed by atoms with E-state index in [1.807, 2.05) is 0 Å². The number of benzene rings is 1. The average Bonchev–Trinajstić information content (AvgIpc) is 3.21. The van der Waals surface area contributed by atoms with Crippen LogP contribution < -0.4 is 4.74 Å². The van der Waals surface area contributed by atoms with Crippen molar-refractivity contribution in [1.29, 1.82) is 0 Å². The SMILES string of the molecule is COC(=O)c1sc2ncn3nc(COc4ccc(F)cc4F)nc3c2c1C. The van der Waals surface area contributed by atoms with E-state index < -0.39 is 17.6 Å². The van der Waals surface area contributed by atoms with Gasteiger partial charge in [0.2, 0.25) is 0 Å². The monoisotopic (exact) mass is 390 g/mol. The summed E-state index contributed by atoms with van der Waals surface area (Å²) in [6.45, 7) is 1.67. The van der Waals surface area contributed by atoms with Crippen LogP contribution >= 0.6 is 11.3 Å². The second kappa shape index (κ2) is 6.54. The van der Waals surface area contributed by atoms with Crippen molar-refractivity contribution in [3.63, 3.8) is 0 Å². The first kappa shape index (κ1) is 17.3. The topological polar surface area (TPSA) is 78.6 Å². The smallest absolute Gasteiger partial charge is 0.348 e. The molecule has 0 unspecified atom stereocenters. The largest absolute Gasteiger partial charge is 0.482 e. The highest BCUT2D eigenvalue weighted by atomic mass is 32.1. The summed E-state index contributed by atoms with van der Waals surface area (Å²) >= 11 is 1.21. The Bertz CT molecular complexity index is 1190. The van der Waals surface area contributed by atoms with Crippen molar-refractivity contribution in [2.75, 3.05) is 7.11 Å². The summed E-state index contributed by atoms with van der Waals surface area (Å²) in [6, 6.07) is 3.04. The molecule has 3 aromatic heterocycles. The summed E-state index contributed by atoms with van der Waals surface area (Å²) in [7, 11) is 1.32. The van der Waals surface area contributed by atoms with Crippen molar-refractivity contribution in [3.05, 3.63) is 52.4 Å². The molecule has 3 heterocycles. The molecule has 0 aliphatic carbocycles. The van der Waals surface area contributed by atoms with Gasteiger partial charge in [-0.15, -0.1) is 16.4 Å². The second-order valence-electron chi connectivity index (χ2n) is 5.63. The first-order valence-corrected chi connectivity index (χ1v) is 8.59. The number of hydrogen-bond acceptors (Lipinski definition) is 7. The fraction of sp³-hybridized carbons (Fsp3) is 0.176. The summed E-state index contributed by atoms with van der Waals surface area (Å²) < 4.78 is 38.2. The number of aromatic nitrogens is 4. The van der Waals surface area contributed by atoms with Crippen molar-refractivity contribution >= 4 is 33.2 Å². The predicted octanol–water partition coefficient (Wildman–Crippen LogP) is 3.29. The fourth-order valence-corrected chi connectivity index (χ4v) is 3.72. The highest BCUT2D eigenvalue weighted by Crippen LogP contribution is 2.32. The molecule has 0 spiro atoms. The van der Waals surface area contributed by atoms with Gasteiger partial charge in [0.15, 0.2) is 23.0 Å². The van der Waals surface area contributed by atoms with Gasteiger partial charge in [-0.2, -0.15) is 0 Å². The molecule has 10 heteroatoms. The summed E-state index contributed by atoms with van der Waals surface area (Å²) in [4.78, 5) is 21.7. The number of ether oxygens (including phenoxy) is 2. The normalized spacial score (nSPS) is 11.3. The lowest BCUT2D eigenvalue weighted by molar-refractivity contribution is 0.0605. The van der Waals surface area contributed by atoms with Crippen LogP contribution in [0.15, 0.2) is 24.5 Å². The van der Waals surface area contributed by atoms with Crippen LogP contribution in [-0.4, -0.2) is 32.7 Å². The van der Waals surface area contributed by atoms with E-state index in [-0.39, 0.29) is 12.4 Å². The van der Waals surface area contributed by atoms with E-state index in [2.05, 4.69) is 15.1 Å². The molecule has 0 atom stereocenters. The maximum atomic E-state index is 13.7. The lowest BCUT2D eigenvalue weighted by atomic mass is 10.2. The number of hydrogen-bond donors (Lipinski definition) is 0. The zero-order valence-corrected chi connectivity index (χ0v) is 15.0. The van der Waals surface area contributed by atoms with Gasteiger partial charge >= 0.3 is 5.97 Å². The molecule has 27 heavy (non-hydrogen) atoms. The maximum absolute atomic E-state index is 13.7. The third-order valence-electron chi connectivity index (χ3n) is 3.93. The van der Waals surface area contributed by atoms with Gasteiger partial charge < -0.3 is 9.47 Å². The number of thiophene rings is 1. The molecule has 0 bridgehead atoms. The van der Waals surface area contributed by atoms with Gasteiger partial charge in [-0.3, -0.25) is 0 Å². The van der Waals surface area contributed by atoms with Crippen LogP contribution in [-0.2, 0) is 11.3 Å². The maximum Gasteiger partial charge on any atom is 0.348 e. The molecule has 4 rings (SSSR count). The number of esters is 1. The van der Waals surface area contributed by atoms with Crippen LogP contribution in [0.25, 0.3) is 15.9 Å². The van der Waals surface area contributed by atoms with Crippen molar-refractivity contribution in [3.8, 4) is 5.75 Å². The van der Waals surface area contributed by atoms with Gasteiger partial charge in [0, 0.05) is 6.07 Å². The standard InChI is InChI=1S/C17H12F2N4O3S/c1-8-13-15-21-12(6-26-11-4-3-9(18)5-10(11)19)22-23(15)7-20-16(13)27-14(8)17(24)25-2/h3-5,7H,6H2,1-2H3. The molecule has 0 saturated carbocycles. The molecule has 7 nitrogen and oxygen atoms in total. The molecule has 4 aromatic rings. The minimum absolute atomic E-state index is 0.0989. The number of aryl methyl sites for hydroxylation is 1. The Balaban J connectivity index is 1.70. The Morgan fingerprint density at radius 1 is 1.33 bits per heavy atom. The van der Waals surface area contributed by atoms with Crippen molar-refractivity contribution in [2.24, 2.45) is 0 Å². The summed E-state index contributed by atoms with van der Waals surface area (Å²) in [5.41, 5.74) is 1.20. The lowest BCUT2D eigenvalue weighted by Crippen LogP contribution is -2.00. The van der Waals surface area contributed by atoms with Gasteiger partial charge in [0.1, 0.15) is 28.5 Å². The zero-order valence-electron chi connectivity index (χ0n) is 14.2. The van der Waals surface area contributed by atoms with E-state index in [1.54, 1.807) is 6.92 Å². The molecule has 0 N–H and O–H groups in total. The molecule has 0 radical (unpaired) electrons. The fourth-order valence-electron chi connectivity index (χ4n) is 2.66. The van der Waals surface area contributed by atoms with Crippen LogP contribution in [0, 0.1) is 18.6 Å². The number of fused-ring (bicyclic) bond motifs is 3. The number of rotatable bonds is 4. The minimum Gasteiger partial charge on any atom is -0.482 e. The summed E-state index contributed by atoms with van der Waals surface area (Å²) in [5, 5.41) is 4.94. The zero-order chi connectivity index (χ0) is 19.1. The highest BCUT2D eigenvalue weighted by molar-refractivity contribution is 7.20. The van der Waals surface area contributed by atoms with Gasteiger partial charge in [0.25, 0.3) is 0 Å². The van der Waals surface area contributed by atoms with Gasteiger partial charge in [-0.1, -0.05) is 0 Å². The van der Waals surface area contributed by atoms with E-state index in [0.29, 0.717) is 32.1 Å². The van der Waals surface area contributed by atoms with Crippen LogP contribution in [0.4, 0.5) is 8.78 Å². The first-order valence-electron chi connectivity index (χ1n) is 7.77. The third-order valence-corrected chi connectivity index (χ3v) is 5.11. The summed E-state index contributed by atoms with van der Waals surface area (Å²) in [5.74, 6) is -1.74. The highest BCUT2D eigenvalue weighted by Gasteiger charge is 2.20. The van der Waals surface area contributed by atoms with Gasteiger partial charge in [0.05, 0.1) is 12.5 Å². The molecule has 1 aromatic carbocycles. The van der Waals surface area contributed by atoms with Crippen molar-refractivity contribution < 1.29 is 23.0 Å². The molecule has 0 amide bonds. The third kappa shape index (κ3) is 2.97. The molecule has 0 aliphatic rings. The Labute approximate surface area is 155 Å². The first-order chi connectivity index (χ1) is 13.0. The van der Waals surface area contributed by atoms with E-state index in [0.717, 1.165) is 12.1 Å². The van der Waals surface area contributed by atoms with Crippen LogP contribution in [0.1, 0.15) is 21.1 Å². The predicted molar refractivity (Wildman–Crippen MR) is 92.9 cm³/mol. The molecule has 0 saturated heterocycles. The Morgan fingerprint density at radius 3 is 2.89 bits per heavy atom. The molecular weight excluding hydrogens is 378 g/mol. The number of halogens is 2. The molecule has 0 aliphatic heterocycles. The number of carbonyl (C=O) groups excluding carboxylic acids is 1. The number of nitrogens with zero attached hydrogens (tertiary/aromatic N) is 4. The van der Waals surface area contributed by atoms with Gasteiger partial charge in [-0.05, 0) is 24.6 Å². The molecule has 138 valence electrons. The van der Waals surface area contributed by atoms with E-state index in [1.165, 1.54) is 35.4 Å². The van der Waals surface area contributed by atoms with Crippen LogP contribution in [0.3, 0.4) is 0 Å². The Hall–Kier alpha value is -3.14. The van der Waals surface area contributed by atoms with Crippen molar-refractivity contribution in [2.45, 2.75) is 13.5 Å². The van der Waals surface area contributed by atoms with E-state index in [9.17, 15) is 13.6 Å². The number of carbonyl (C=O) groups is 1. The molecular formula is C17H12F2N4O3S. The van der Waals surface area contributed by atoms with E-state index >= 15 is 0 Å². The average molecular weight is 390 g/mol. The summed E-state index contributed by atoms with van der Waals surface area (Å²) in [6.07, 6.45) is 1.48. The Morgan fingerprint density at radius 2 is 2.15 bits per heavy atom. The quantitative estimate of drug-likeness (QED) is 0.498.